The van der Waals surface area contributed by atoms with Gasteiger partial charge in [0.15, 0.2) is 0 Å². The molecule has 0 fully saturated rings. The summed E-state index contributed by atoms with van der Waals surface area (Å²) in [5.74, 6) is -4.26. The molecule has 2 rings (SSSR count). The second kappa shape index (κ2) is 5.81. The SMILES string of the molecule is CC1=NC(C)=C(C(=O)O)C(c2ccc(Cl)c(N)c2)C1C(=O)O. The summed E-state index contributed by atoms with van der Waals surface area (Å²) in [7, 11) is 0. The number of benzene rings is 1. The molecule has 0 saturated carbocycles. The predicted octanol–water partition coefficient (Wildman–Crippen LogP) is 2.54. The molecule has 116 valence electrons. The molecule has 0 aliphatic carbocycles. The Kier molecular flexibility index (Phi) is 4.23. The first-order valence-electron chi connectivity index (χ1n) is 6.51. The van der Waals surface area contributed by atoms with Gasteiger partial charge < -0.3 is 15.9 Å². The molecule has 4 N–H and O–H groups in total. The lowest BCUT2D eigenvalue weighted by molar-refractivity contribution is -0.140. The summed E-state index contributed by atoms with van der Waals surface area (Å²) in [6.45, 7) is 3.13. The van der Waals surface area contributed by atoms with Crippen molar-refractivity contribution in [3.05, 3.63) is 40.1 Å². The maximum Gasteiger partial charge on any atom is 0.334 e. The highest BCUT2D eigenvalue weighted by Crippen LogP contribution is 2.40. The lowest BCUT2D eigenvalue weighted by Gasteiger charge is -2.29. The molecule has 0 aromatic heterocycles. The molecule has 0 saturated heterocycles. The minimum atomic E-state index is -1.20. The number of anilines is 1. The zero-order valence-corrected chi connectivity index (χ0v) is 12.8. The molecule has 2 atom stereocenters. The van der Waals surface area contributed by atoms with Gasteiger partial charge in [0.2, 0.25) is 0 Å². The summed E-state index contributed by atoms with van der Waals surface area (Å²) < 4.78 is 0. The summed E-state index contributed by atoms with van der Waals surface area (Å²) in [6, 6.07) is 4.63. The van der Waals surface area contributed by atoms with E-state index in [2.05, 4.69) is 4.99 Å². The molecule has 6 nitrogen and oxygen atoms in total. The van der Waals surface area contributed by atoms with E-state index in [4.69, 9.17) is 17.3 Å². The van der Waals surface area contributed by atoms with Crippen molar-refractivity contribution in [2.45, 2.75) is 19.8 Å². The summed E-state index contributed by atoms with van der Waals surface area (Å²) >= 11 is 5.88. The van der Waals surface area contributed by atoms with Crippen molar-refractivity contribution in [2.24, 2.45) is 10.9 Å². The molecule has 0 spiro atoms. The Bertz CT molecular complexity index is 724. The van der Waals surface area contributed by atoms with Crippen LogP contribution in [0.5, 0.6) is 0 Å². The number of aliphatic imine (C=N–C) groups is 1. The molecule has 1 aromatic rings. The zero-order chi connectivity index (χ0) is 16.6. The second-order valence-corrected chi connectivity index (χ2v) is 5.54. The van der Waals surface area contributed by atoms with Gasteiger partial charge in [-0.15, -0.1) is 0 Å². The van der Waals surface area contributed by atoms with Crippen molar-refractivity contribution in [1.82, 2.24) is 0 Å². The van der Waals surface area contributed by atoms with E-state index in [1.165, 1.54) is 12.1 Å². The van der Waals surface area contributed by atoms with Crippen molar-refractivity contribution in [1.29, 1.82) is 0 Å². The number of carboxylic acids is 2. The van der Waals surface area contributed by atoms with E-state index in [1.54, 1.807) is 19.9 Å². The first kappa shape index (κ1) is 16.0. The molecule has 1 aromatic carbocycles. The maximum absolute atomic E-state index is 11.6. The van der Waals surface area contributed by atoms with E-state index < -0.39 is 23.8 Å². The van der Waals surface area contributed by atoms with Crippen molar-refractivity contribution >= 4 is 34.9 Å². The van der Waals surface area contributed by atoms with Crippen LogP contribution in [0.25, 0.3) is 0 Å². The molecule has 2 unspecified atom stereocenters. The average molecular weight is 323 g/mol. The fourth-order valence-electron chi connectivity index (χ4n) is 2.75. The number of nitrogen functional groups attached to an aromatic ring is 1. The van der Waals surface area contributed by atoms with Gasteiger partial charge in [0, 0.05) is 17.3 Å². The Balaban J connectivity index is 2.69. The van der Waals surface area contributed by atoms with Crippen LogP contribution in [0.4, 0.5) is 5.69 Å². The van der Waals surface area contributed by atoms with Crippen LogP contribution in [0.2, 0.25) is 5.02 Å². The maximum atomic E-state index is 11.6. The molecule has 22 heavy (non-hydrogen) atoms. The van der Waals surface area contributed by atoms with E-state index in [0.29, 0.717) is 22.0 Å². The predicted molar refractivity (Wildman–Crippen MR) is 83.2 cm³/mol. The topological polar surface area (TPSA) is 113 Å². The van der Waals surface area contributed by atoms with Crippen LogP contribution in [-0.2, 0) is 9.59 Å². The second-order valence-electron chi connectivity index (χ2n) is 5.13. The van der Waals surface area contributed by atoms with E-state index >= 15 is 0 Å². The van der Waals surface area contributed by atoms with Crippen molar-refractivity contribution in [3.8, 4) is 0 Å². The van der Waals surface area contributed by atoms with Crippen LogP contribution >= 0.6 is 11.6 Å². The highest BCUT2D eigenvalue weighted by Gasteiger charge is 2.41. The number of hydrogen-bond donors (Lipinski definition) is 3. The third kappa shape index (κ3) is 2.69. The smallest absolute Gasteiger partial charge is 0.334 e. The molecule has 0 radical (unpaired) electrons. The zero-order valence-electron chi connectivity index (χ0n) is 12.0. The number of rotatable bonds is 3. The Morgan fingerprint density at radius 3 is 2.41 bits per heavy atom. The van der Waals surface area contributed by atoms with Crippen LogP contribution in [0.15, 0.2) is 34.5 Å². The van der Waals surface area contributed by atoms with Gasteiger partial charge >= 0.3 is 11.9 Å². The molecular weight excluding hydrogens is 308 g/mol. The average Bonchev–Trinajstić information content (AvgIpc) is 2.39. The van der Waals surface area contributed by atoms with Crippen LogP contribution in [0, 0.1) is 5.92 Å². The Morgan fingerprint density at radius 2 is 1.91 bits per heavy atom. The van der Waals surface area contributed by atoms with Gasteiger partial charge in [0.05, 0.1) is 16.3 Å². The molecule has 0 amide bonds. The summed E-state index contributed by atoms with van der Waals surface area (Å²) in [5.41, 5.74) is 7.13. The Labute approximate surface area is 131 Å². The lowest BCUT2D eigenvalue weighted by Crippen LogP contribution is -2.34. The van der Waals surface area contributed by atoms with Gasteiger partial charge in [-0.2, -0.15) is 0 Å². The van der Waals surface area contributed by atoms with Crippen LogP contribution in [0.3, 0.4) is 0 Å². The van der Waals surface area contributed by atoms with Gasteiger partial charge in [0.1, 0.15) is 5.92 Å². The van der Waals surface area contributed by atoms with E-state index in [9.17, 15) is 19.8 Å². The number of carbonyl (C=O) groups is 2. The lowest BCUT2D eigenvalue weighted by atomic mass is 9.75. The first-order chi connectivity index (χ1) is 10.2. The normalized spacial score (nSPS) is 21.5. The summed E-state index contributed by atoms with van der Waals surface area (Å²) in [5, 5.41) is 19.3. The van der Waals surface area contributed by atoms with Crippen molar-refractivity contribution in [3.63, 3.8) is 0 Å². The van der Waals surface area contributed by atoms with Crippen molar-refractivity contribution in [2.75, 3.05) is 5.73 Å². The van der Waals surface area contributed by atoms with Crippen LogP contribution in [-0.4, -0.2) is 27.9 Å². The van der Waals surface area contributed by atoms with E-state index in [1.807, 2.05) is 0 Å². The standard InChI is InChI=1S/C15H15ClN2O4/c1-6-11(14(19)20)13(12(15(21)22)7(2)18-6)8-3-4-9(16)10(17)5-8/h3-5,11,13H,17H2,1-2H3,(H,19,20)(H,21,22). The highest BCUT2D eigenvalue weighted by atomic mass is 35.5. The molecule has 1 aliphatic heterocycles. The fraction of sp³-hybridized carbons (Fsp3) is 0.267. The van der Waals surface area contributed by atoms with E-state index in [0.717, 1.165) is 0 Å². The van der Waals surface area contributed by atoms with Gasteiger partial charge in [-0.1, -0.05) is 17.7 Å². The molecule has 1 heterocycles. The van der Waals surface area contributed by atoms with Gasteiger partial charge in [0.25, 0.3) is 0 Å². The van der Waals surface area contributed by atoms with Gasteiger partial charge in [-0.3, -0.25) is 9.79 Å². The molecule has 7 heteroatoms. The Morgan fingerprint density at radius 1 is 1.27 bits per heavy atom. The number of nitrogens with zero attached hydrogens (tertiary/aromatic N) is 1. The summed E-state index contributed by atoms with van der Waals surface area (Å²) in [6.07, 6.45) is 0. The third-order valence-electron chi connectivity index (χ3n) is 3.70. The largest absolute Gasteiger partial charge is 0.481 e. The number of halogens is 1. The van der Waals surface area contributed by atoms with Gasteiger partial charge in [-0.05, 0) is 31.5 Å². The van der Waals surface area contributed by atoms with Crippen LogP contribution in [0.1, 0.15) is 25.3 Å². The molecule has 1 aliphatic rings. The number of hydrogen-bond acceptors (Lipinski definition) is 4. The third-order valence-corrected chi connectivity index (χ3v) is 4.05. The highest BCUT2D eigenvalue weighted by molar-refractivity contribution is 6.33. The molecule has 0 bridgehead atoms. The van der Waals surface area contributed by atoms with Gasteiger partial charge in [-0.25, -0.2) is 4.79 Å². The number of carboxylic acid groups (broad SMARTS) is 2. The van der Waals surface area contributed by atoms with Crippen molar-refractivity contribution < 1.29 is 19.8 Å². The summed E-state index contributed by atoms with van der Waals surface area (Å²) in [4.78, 5) is 27.3. The fourth-order valence-corrected chi connectivity index (χ4v) is 2.87. The van der Waals surface area contributed by atoms with E-state index in [-0.39, 0.29) is 11.3 Å². The monoisotopic (exact) mass is 322 g/mol. The number of aliphatic carboxylic acids is 2. The Hall–Kier alpha value is -2.34. The minimum absolute atomic E-state index is 0.0419. The number of allylic oxidation sites excluding steroid dienone is 1. The number of nitrogens with two attached hydrogens (primary N) is 1. The molecular formula is C15H15ClN2O4. The first-order valence-corrected chi connectivity index (χ1v) is 6.88. The van der Waals surface area contributed by atoms with Crippen LogP contribution < -0.4 is 5.73 Å². The minimum Gasteiger partial charge on any atom is -0.481 e. The quantitative estimate of drug-likeness (QED) is 0.740.